The molecule has 0 saturated carbocycles. The number of fused-ring (bicyclic) bond motifs is 3. The maximum atomic E-state index is 7.00. The molecule has 2 aromatic heterocycles. The van der Waals surface area contributed by atoms with Crippen LogP contribution in [0.4, 0.5) is 0 Å². The average Bonchev–Trinajstić information content (AvgIpc) is 3.14. The number of hydrogen-bond acceptors (Lipinski definition) is 4. The molecule has 1 radical (unpaired) electrons. The zero-order valence-electron chi connectivity index (χ0n) is 18.4. The molecule has 0 aliphatic carbocycles. The summed E-state index contributed by atoms with van der Waals surface area (Å²) in [6.07, 6.45) is 1.87. The van der Waals surface area contributed by atoms with Crippen molar-refractivity contribution in [3.05, 3.63) is 65.9 Å². The molecular formula is C25H30IrNO3-. The van der Waals surface area contributed by atoms with Crippen molar-refractivity contribution in [1.82, 2.24) is 4.98 Å². The molecule has 0 spiro atoms. The van der Waals surface area contributed by atoms with E-state index in [1.54, 1.807) is 0 Å². The van der Waals surface area contributed by atoms with Gasteiger partial charge in [0, 0.05) is 45.9 Å². The van der Waals surface area contributed by atoms with Gasteiger partial charge in [-0.05, 0) is 35.2 Å². The SMILES string of the molecule is CC(C)c1ccnc(-c2[c-]ccc3c2oc2cc(C(C)C)ccc23)c1.CO.CO.[Ir]. The molecule has 0 atom stereocenters. The molecule has 0 amide bonds. The van der Waals surface area contributed by atoms with Gasteiger partial charge in [-0.15, -0.1) is 18.2 Å². The number of rotatable bonds is 3. The maximum Gasteiger partial charge on any atom is 0.121 e. The second-order valence-corrected chi connectivity index (χ2v) is 7.24. The normalized spacial score (nSPS) is 10.3. The van der Waals surface area contributed by atoms with Gasteiger partial charge in [-0.25, -0.2) is 0 Å². The molecule has 2 N–H and O–H groups in total. The van der Waals surface area contributed by atoms with Crippen LogP contribution < -0.4 is 0 Å². The molecule has 0 aliphatic heterocycles. The van der Waals surface area contributed by atoms with Crippen molar-refractivity contribution in [2.75, 3.05) is 14.2 Å². The number of aliphatic hydroxyl groups excluding tert-OH is 2. The first kappa shape index (κ1) is 26.0. The summed E-state index contributed by atoms with van der Waals surface area (Å²) in [5, 5.41) is 16.3. The Kier molecular flexibility index (Phi) is 10.4. The summed E-state index contributed by atoms with van der Waals surface area (Å²) in [4.78, 5) is 4.57. The van der Waals surface area contributed by atoms with Gasteiger partial charge in [0.15, 0.2) is 0 Å². The standard InChI is InChI=1S/C23H22NO.2CH4O.Ir/c1-14(2)16-8-9-18-19-6-5-7-20(23(19)25-22(18)13-16)21-12-17(15(3)4)10-11-24-21;2*1-2;/h5-6,8-15H,1-4H3;2*2H,1H3;/q-1;;;. The number of benzene rings is 2. The Morgan fingerprint density at radius 1 is 0.833 bits per heavy atom. The second-order valence-electron chi connectivity index (χ2n) is 7.24. The van der Waals surface area contributed by atoms with Gasteiger partial charge in [0.25, 0.3) is 0 Å². The first-order chi connectivity index (χ1) is 14.0. The van der Waals surface area contributed by atoms with E-state index in [1.807, 2.05) is 12.3 Å². The topological polar surface area (TPSA) is 66.5 Å². The van der Waals surface area contributed by atoms with E-state index >= 15 is 0 Å². The Balaban J connectivity index is 0.000000851. The predicted octanol–water partition coefficient (Wildman–Crippen LogP) is 5.91. The number of furan rings is 1. The van der Waals surface area contributed by atoms with E-state index in [0.29, 0.717) is 11.8 Å². The molecule has 0 unspecified atom stereocenters. The van der Waals surface area contributed by atoms with E-state index in [2.05, 4.69) is 75.1 Å². The van der Waals surface area contributed by atoms with Crippen molar-refractivity contribution in [3.63, 3.8) is 0 Å². The van der Waals surface area contributed by atoms with E-state index < -0.39 is 0 Å². The van der Waals surface area contributed by atoms with Crippen LogP contribution in [0.15, 0.2) is 53.1 Å². The first-order valence-electron chi connectivity index (χ1n) is 9.77. The summed E-state index contributed by atoms with van der Waals surface area (Å²) in [6.45, 7) is 8.78. The summed E-state index contributed by atoms with van der Waals surface area (Å²) >= 11 is 0. The summed E-state index contributed by atoms with van der Waals surface area (Å²) < 4.78 is 6.26. The molecule has 2 heterocycles. The van der Waals surface area contributed by atoms with Crippen LogP contribution in [-0.2, 0) is 20.1 Å². The third-order valence-corrected chi connectivity index (χ3v) is 4.83. The minimum atomic E-state index is 0. The summed E-state index contributed by atoms with van der Waals surface area (Å²) in [7, 11) is 2.00. The van der Waals surface area contributed by atoms with Crippen molar-refractivity contribution in [2.24, 2.45) is 0 Å². The molecule has 30 heavy (non-hydrogen) atoms. The van der Waals surface area contributed by atoms with E-state index in [1.165, 1.54) is 11.1 Å². The number of aliphatic hydroxyl groups is 2. The molecule has 5 heteroatoms. The van der Waals surface area contributed by atoms with Crippen LogP contribution in [0.3, 0.4) is 0 Å². The third-order valence-electron chi connectivity index (χ3n) is 4.83. The smallest absolute Gasteiger partial charge is 0.121 e. The summed E-state index contributed by atoms with van der Waals surface area (Å²) in [6, 6.07) is 18.1. The molecule has 0 saturated heterocycles. The second kappa shape index (κ2) is 12.0. The molecule has 4 aromatic rings. The van der Waals surface area contributed by atoms with Gasteiger partial charge in [-0.2, -0.15) is 0 Å². The number of nitrogens with zero attached hydrogens (tertiary/aromatic N) is 1. The Bertz CT molecular complexity index is 1070. The van der Waals surface area contributed by atoms with Gasteiger partial charge in [0.2, 0.25) is 0 Å². The van der Waals surface area contributed by atoms with Crippen LogP contribution in [0.1, 0.15) is 50.7 Å². The van der Waals surface area contributed by atoms with E-state index in [4.69, 9.17) is 14.6 Å². The predicted molar refractivity (Wildman–Crippen MR) is 120 cm³/mol. The van der Waals surface area contributed by atoms with Crippen LogP contribution in [0, 0.1) is 6.07 Å². The van der Waals surface area contributed by atoms with Gasteiger partial charge in [-0.1, -0.05) is 62.4 Å². The van der Waals surface area contributed by atoms with Crippen LogP contribution in [0.5, 0.6) is 0 Å². The number of aromatic nitrogens is 1. The third kappa shape index (κ3) is 5.35. The Hall–Kier alpha value is -2.04. The Morgan fingerprint density at radius 3 is 2.10 bits per heavy atom. The average molecular weight is 585 g/mol. The minimum absolute atomic E-state index is 0. The quantitative estimate of drug-likeness (QED) is 0.294. The fourth-order valence-electron chi connectivity index (χ4n) is 3.25. The fourth-order valence-corrected chi connectivity index (χ4v) is 3.25. The molecule has 163 valence electrons. The van der Waals surface area contributed by atoms with Crippen LogP contribution in [0.2, 0.25) is 0 Å². The van der Waals surface area contributed by atoms with Crippen molar-refractivity contribution in [2.45, 2.75) is 39.5 Å². The van der Waals surface area contributed by atoms with Crippen LogP contribution >= 0.6 is 0 Å². The van der Waals surface area contributed by atoms with Crippen LogP contribution in [0.25, 0.3) is 33.2 Å². The van der Waals surface area contributed by atoms with Crippen molar-refractivity contribution in [1.29, 1.82) is 0 Å². The number of pyridine rings is 1. The molecule has 4 nitrogen and oxygen atoms in total. The molecule has 0 fully saturated rings. The van der Waals surface area contributed by atoms with E-state index in [-0.39, 0.29) is 20.1 Å². The van der Waals surface area contributed by atoms with Gasteiger partial charge < -0.3 is 19.6 Å². The van der Waals surface area contributed by atoms with Gasteiger partial charge in [0.05, 0.1) is 5.58 Å². The Labute approximate surface area is 192 Å². The molecule has 0 aliphatic rings. The van der Waals surface area contributed by atoms with Crippen molar-refractivity contribution < 1.29 is 34.7 Å². The number of hydrogen-bond donors (Lipinski definition) is 2. The molecular weight excluding hydrogens is 554 g/mol. The van der Waals surface area contributed by atoms with E-state index in [9.17, 15) is 0 Å². The van der Waals surface area contributed by atoms with Gasteiger partial charge in [0.1, 0.15) is 5.58 Å². The Morgan fingerprint density at radius 2 is 1.47 bits per heavy atom. The monoisotopic (exact) mass is 585 g/mol. The zero-order chi connectivity index (χ0) is 21.6. The molecule has 2 aromatic carbocycles. The molecule has 4 rings (SSSR count). The van der Waals surface area contributed by atoms with Crippen molar-refractivity contribution >= 4 is 21.9 Å². The molecule has 0 bridgehead atoms. The maximum absolute atomic E-state index is 7.00. The van der Waals surface area contributed by atoms with E-state index in [0.717, 1.165) is 47.4 Å². The van der Waals surface area contributed by atoms with Crippen molar-refractivity contribution in [3.8, 4) is 11.3 Å². The minimum Gasteiger partial charge on any atom is -0.501 e. The largest absolute Gasteiger partial charge is 0.501 e. The summed E-state index contributed by atoms with van der Waals surface area (Å²) in [5.41, 5.74) is 6.21. The zero-order valence-corrected chi connectivity index (χ0v) is 20.8. The van der Waals surface area contributed by atoms with Gasteiger partial charge >= 0.3 is 0 Å². The van der Waals surface area contributed by atoms with Crippen LogP contribution in [-0.4, -0.2) is 29.4 Å². The van der Waals surface area contributed by atoms with Gasteiger partial charge in [-0.3, -0.25) is 0 Å². The first-order valence-corrected chi connectivity index (χ1v) is 9.77. The fraction of sp³-hybridized carbons (Fsp3) is 0.320. The summed E-state index contributed by atoms with van der Waals surface area (Å²) in [5.74, 6) is 0.943.